The summed E-state index contributed by atoms with van der Waals surface area (Å²) in [5.41, 5.74) is 9.93. The molecule has 0 radical (unpaired) electrons. The number of benzene rings is 3. The van der Waals surface area contributed by atoms with Gasteiger partial charge in [0.1, 0.15) is 0 Å². The molecule has 2 fully saturated rings. The number of para-hydroxylation sites is 2. The van der Waals surface area contributed by atoms with Crippen LogP contribution in [-0.2, 0) is 7.05 Å². The van der Waals surface area contributed by atoms with E-state index >= 15 is 0 Å². The molecule has 5 aromatic rings. The van der Waals surface area contributed by atoms with Crippen LogP contribution in [0.1, 0.15) is 93.0 Å². The van der Waals surface area contributed by atoms with Crippen molar-refractivity contribution in [2.45, 2.75) is 83.0 Å². The number of aromatic nitrogens is 4. The van der Waals surface area contributed by atoms with Crippen LogP contribution in [0.4, 0.5) is 0 Å². The Bertz CT molecular complexity index is 1630. The van der Waals surface area contributed by atoms with E-state index in [1.54, 1.807) is 0 Å². The van der Waals surface area contributed by atoms with Gasteiger partial charge in [-0.1, -0.05) is 99.2 Å². The predicted molar refractivity (Wildman–Crippen MR) is 167 cm³/mol. The van der Waals surface area contributed by atoms with Gasteiger partial charge >= 0.3 is 0 Å². The number of fused-ring (bicyclic) bond motifs is 1. The van der Waals surface area contributed by atoms with Crippen molar-refractivity contribution in [3.63, 3.8) is 0 Å². The molecule has 7 rings (SSSR count). The van der Waals surface area contributed by atoms with E-state index in [-0.39, 0.29) is 0 Å². The summed E-state index contributed by atoms with van der Waals surface area (Å²) in [6.45, 7) is 2.23. The van der Waals surface area contributed by atoms with Crippen molar-refractivity contribution in [1.29, 1.82) is 0 Å². The molecular weight excluding hydrogens is 500 g/mol. The molecule has 2 saturated carbocycles. The standard InChI is InChI=1S/C37H41N4/c1-26-16-12-13-23-30(26)37-40(2)31-24-14-15-25-32(31)41(37)35-33(27-17-6-3-7-18-27)38-36(29-21-10-5-11-22-29)39-34(35)28-19-8-4-9-20-28/h5,10-16,21-25,27-28H,3-4,6-9,17-20H2,1-2H3/q+1. The first-order valence-electron chi connectivity index (χ1n) is 15.7. The highest BCUT2D eigenvalue weighted by Gasteiger charge is 2.36. The fourth-order valence-corrected chi connectivity index (χ4v) is 7.42. The molecule has 41 heavy (non-hydrogen) atoms. The first kappa shape index (κ1) is 26.1. The van der Waals surface area contributed by atoms with Crippen molar-refractivity contribution < 1.29 is 4.57 Å². The second-order valence-electron chi connectivity index (χ2n) is 12.2. The van der Waals surface area contributed by atoms with E-state index in [9.17, 15) is 0 Å². The number of hydrogen-bond donors (Lipinski definition) is 0. The lowest BCUT2D eigenvalue weighted by atomic mass is 9.82. The first-order valence-corrected chi connectivity index (χ1v) is 15.7. The van der Waals surface area contributed by atoms with Gasteiger partial charge in [0.15, 0.2) is 22.5 Å². The predicted octanol–water partition coefficient (Wildman–Crippen LogP) is 8.98. The molecule has 2 aliphatic carbocycles. The van der Waals surface area contributed by atoms with Gasteiger partial charge in [-0.15, -0.1) is 0 Å². The quantitative estimate of drug-likeness (QED) is 0.208. The molecule has 0 amide bonds. The molecule has 0 atom stereocenters. The Morgan fingerprint density at radius 1 is 0.659 bits per heavy atom. The summed E-state index contributed by atoms with van der Waals surface area (Å²) >= 11 is 0. The molecule has 2 aromatic heterocycles. The third-order valence-corrected chi connectivity index (χ3v) is 9.58. The average molecular weight is 542 g/mol. The lowest BCUT2D eigenvalue weighted by molar-refractivity contribution is -0.633. The molecule has 0 N–H and O–H groups in total. The summed E-state index contributed by atoms with van der Waals surface area (Å²) in [5, 5.41) is 0. The lowest BCUT2D eigenvalue weighted by Crippen LogP contribution is -2.31. The van der Waals surface area contributed by atoms with E-state index in [4.69, 9.17) is 9.97 Å². The zero-order chi connectivity index (χ0) is 27.8. The van der Waals surface area contributed by atoms with Crippen molar-refractivity contribution in [3.8, 4) is 28.5 Å². The molecule has 0 spiro atoms. The summed E-state index contributed by atoms with van der Waals surface area (Å²) < 4.78 is 4.94. The van der Waals surface area contributed by atoms with Gasteiger partial charge in [-0.05, 0) is 56.4 Å². The van der Waals surface area contributed by atoms with Crippen LogP contribution in [0.3, 0.4) is 0 Å². The Labute approximate surface area is 244 Å². The fraction of sp³-hybridized carbons (Fsp3) is 0.378. The van der Waals surface area contributed by atoms with Crippen LogP contribution in [0, 0.1) is 6.92 Å². The zero-order valence-corrected chi connectivity index (χ0v) is 24.5. The zero-order valence-electron chi connectivity index (χ0n) is 24.5. The monoisotopic (exact) mass is 541 g/mol. The summed E-state index contributed by atoms with van der Waals surface area (Å²) in [5.74, 6) is 3.01. The summed E-state index contributed by atoms with van der Waals surface area (Å²) in [4.78, 5) is 11.1. The summed E-state index contributed by atoms with van der Waals surface area (Å²) in [7, 11) is 2.22. The van der Waals surface area contributed by atoms with E-state index in [1.807, 2.05) is 0 Å². The summed E-state index contributed by atoms with van der Waals surface area (Å²) in [6, 6.07) is 28.4. The third-order valence-electron chi connectivity index (χ3n) is 9.58. The van der Waals surface area contributed by atoms with Crippen LogP contribution in [0.25, 0.3) is 39.5 Å². The molecule has 4 nitrogen and oxygen atoms in total. The van der Waals surface area contributed by atoms with Crippen LogP contribution >= 0.6 is 0 Å². The Kier molecular flexibility index (Phi) is 7.16. The SMILES string of the molecule is Cc1ccccc1-c1n(-c2c(C3CCCCC3)nc(-c3ccccc3)nc2C2CCCCC2)c2ccccc2[n+]1C. The van der Waals surface area contributed by atoms with Crippen molar-refractivity contribution in [3.05, 3.63) is 95.8 Å². The van der Waals surface area contributed by atoms with E-state index in [0.717, 1.165) is 11.4 Å². The maximum absolute atomic E-state index is 5.53. The topological polar surface area (TPSA) is 34.6 Å². The largest absolute Gasteiger partial charge is 0.295 e. The third kappa shape index (κ3) is 4.77. The molecule has 208 valence electrons. The Hall–Kier alpha value is -3.79. The minimum atomic E-state index is 0.447. The first-order chi connectivity index (χ1) is 20.2. The molecule has 0 unspecified atom stereocenters. The van der Waals surface area contributed by atoms with E-state index in [0.29, 0.717) is 11.8 Å². The number of aryl methyl sites for hydroxylation is 2. The van der Waals surface area contributed by atoms with E-state index in [1.165, 1.54) is 109 Å². The van der Waals surface area contributed by atoms with Crippen LogP contribution in [0.15, 0.2) is 78.9 Å². The molecule has 3 aromatic carbocycles. The molecule has 0 aliphatic heterocycles. The molecule has 2 aliphatic rings. The second kappa shape index (κ2) is 11.2. The normalized spacial score (nSPS) is 16.8. The second-order valence-corrected chi connectivity index (χ2v) is 12.2. The minimum absolute atomic E-state index is 0.447. The van der Waals surface area contributed by atoms with Gasteiger partial charge in [-0.2, -0.15) is 4.57 Å². The highest BCUT2D eigenvalue weighted by atomic mass is 15.2. The Balaban J connectivity index is 1.60. The van der Waals surface area contributed by atoms with Crippen LogP contribution < -0.4 is 4.57 Å². The Morgan fingerprint density at radius 3 is 1.85 bits per heavy atom. The van der Waals surface area contributed by atoms with Gasteiger partial charge in [-0.25, -0.2) is 14.5 Å². The minimum Gasteiger partial charge on any atom is -0.228 e. The fourth-order valence-electron chi connectivity index (χ4n) is 7.42. The van der Waals surface area contributed by atoms with Crippen molar-refractivity contribution in [1.82, 2.24) is 14.5 Å². The molecule has 0 saturated heterocycles. The smallest absolute Gasteiger partial charge is 0.228 e. The lowest BCUT2D eigenvalue weighted by Gasteiger charge is -2.28. The van der Waals surface area contributed by atoms with Gasteiger partial charge in [0.05, 0.1) is 24.0 Å². The number of rotatable bonds is 5. The molecule has 2 heterocycles. The Morgan fingerprint density at radius 2 is 1.22 bits per heavy atom. The number of nitrogens with zero attached hydrogens (tertiary/aromatic N) is 4. The number of imidazole rings is 1. The highest BCUT2D eigenvalue weighted by Crippen LogP contribution is 2.43. The van der Waals surface area contributed by atoms with Crippen LogP contribution in [0.5, 0.6) is 0 Å². The van der Waals surface area contributed by atoms with Crippen molar-refractivity contribution in [2.75, 3.05) is 0 Å². The maximum Gasteiger partial charge on any atom is 0.295 e. The van der Waals surface area contributed by atoms with Crippen LogP contribution in [-0.4, -0.2) is 14.5 Å². The van der Waals surface area contributed by atoms with Gasteiger partial charge in [0, 0.05) is 17.4 Å². The van der Waals surface area contributed by atoms with Crippen molar-refractivity contribution >= 4 is 11.0 Å². The summed E-state index contributed by atoms with van der Waals surface area (Å²) in [6.07, 6.45) is 12.6. The van der Waals surface area contributed by atoms with Gasteiger partial charge < -0.3 is 0 Å². The van der Waals surface area contributed by atoms with Crippen molar-refractivity contribution in [2.24, 2.45) is 7.05 Å². The number of hydrogen-bond acceptors (Lipinski definition) is 2. The molecular formula is C37H41N4+. The van der Waals surface area contributed by atoms with Gasteiger partial charge in [-0.3, -0.25) is 0 Å². The average Bonchev–Trinajstić information content (AvgIpc) is 3.33. The highest BCUT2D eigenvalue weighted by molar-refractivity contribution is 5.80. The maximum atomic E-state index is 5.53. The van der Waals surface area contributed by atoms with E-state index in [2.05, 4.69) is 102 Å². The molecule has 4 heteroatoms. The van der Waals surface area contributed by atoms with Gasteiger partial charge in [0.25, 0.3) is 5.82 Å². The van der Waals surface area contributed by atoms with E-state index < -0.39 is 0 Å². The molecule has 0 bridgehead atoms. The van der Waals surface area contributed by atoms with Crippen LogP contribution in [0.2, 0.25) is 0 Å². The van der Waals surface area contributed by atoms with Gasteiger partial charge in [0.2, 0.25) is 0 Å².